The first-order chi connectivity index (χ1) is 4.10. The molecule has 0 bridgehead atoms. The Balaban J connectivity index is 2.41. The summed E-state index contributed by atoms with van der Waals surface area (Å²) in [6, 6.07) is 0. The molecule has 1 unspecified atom stereocenters. The summed E-state index contributed by atoms with van der Waals surface area (Å²) in [5.41, 5.74) is 0. The van der Waals surface area contributed by atoms with E-state index >= 15 is 0 Å². The van der Waals surface area contributed by atoms with Crippen LogP contribution in [-0.2, 0) is 0 Å². The molecule has 1 N–H and O–H groups in total. The van der Waals surface area contributed by atoms with Gasteiger partial charge in [0.25, 0.3) is 5.92 Å². The molecular formula is C5H8F2IN. The molecule has 0 aliphatic carbocycles. The summed E-state index contributed by atoms with van der Waals surface area (Å²) in [5.74, 6) is -2.47. The van der Waals surface area contributed by atoms with Crippen molar-refractivity contribution in [3.8, 4) is 0 Å². The van der Waals surface area contributed by atoms with Crippen molar-refractivity contribution in [1.82, 2.24) is 5.32 Å². The fourth-order valence-electron chi connectivity index (χ4n) is 0.880. The molecule has 0 amide bonds. The smallest absolute Gasteiger partial charge is 0.261 e. The Hall–Kier alpha value is 0.550. The van der Waals surface area contributed by atoms with Crippen molar-refractivity contribution in [3.05, 3.63) is 0 Å². The second kappa shape index (κ2) is 2.65. The highest BCUT2D eigenvalue weighted by Crippen LogP contribution is 2.25. The largest absolute Gasteiger partial charge is 0.310 e. The van der Waals surface area contributed by atoms with E-state index in [0.29, 0.717) is 0 Å². The topological polar surface area (TPSA) is 12.0 Å². The van der Waals surface area contributed by atoms with Gasteiger partial charge in [-0.05, 0) is 0 Å². The molecule has 1 rings (SSSR count). The van der Waals surface area contributed by atoms with Gasteiger partial charge in [-0.3, -0.25) is 0 Å². The maximum atomic E-state index is 12.4. The van der Waals surface area contributed by atoms with E-state index in [9.17, 15) is 8.78 Å². The number of piperidine rings is 1. The van der Waals surface area contributed by atoms with Crippen molar-refractivity contribution >= 4 is 22.6 Å². The SMILES string of the molecule is FC1(F)CNCC(I)C1. The summed E-state index contributed by atoms with van der Waals surface area (Å²) in [5, 5.41) is 2.67. The Labute approximate surface area is 66.3 Å². The zero-order chi connectivity index (χ0) is 6.91. The molecule has 1 atom stereocenters. The molecule has 0 aromatic carbocycles. The third kappa shape index (κ3) is 2.33. The summed E-state index contributed by atoms with van der Waals surface area (Å²) in [7, 11) is 0. The maximum Gasteiger partial charge on any atom is 0.261 e. The van der Waals surface area contributed by atoms with Gasteiger partial charge < -0.3 is 5.32 Å². The molecule has 54 valence electrons. The third-order valence-electron chi connectivity index (χ3n) is 1.27. The Bertz CT molecular complexity index is 107. The first-order valence-corrected chi connectivity index (χ1v) is 4.07. The van der Waals surface area contributed by atoms with Crippen molar-refractivity contribution in [2.24, 2.45) is 0 Å². The lowest BCUT2D eigenvalue weighted by Crippen LogP contribution is -2.44. The molecule has 0 radical (unpaired) electrons. The number of rotatable bonds is 0. The van der Waals surface area contributed by atoms with E-state index in [-0.39, 0.29) is 16.9 Å². The van der Waals surface area contributed by atoms with Gasteiger partial charge in [-0.15, -0.1) is 0 Å². The fourth-order valence-corrected chi connectivity index (χ4v) is 1.84. The average Bonchev–Trinajstić information content (AvgIpc) is 1.60. The highest BCUT2D eigenvalue weighted by Gasteiger charge is 2.34. The van der Waals surface area contributed by atoms with E-state index in [1.807, 2.05) is 22.6 Å². The van der Waals surface area contributed by atoms with Crippen LogP contribution in [-0.4, -0.2) is 22.9 Å². The van der Waals surface area contributed by atoms with Gasteiger partial charge in [0.05, 0.1) is 6.54 Å². The molecule has 0 aromatic rings. The van der Waals surface area contributed by atoms with Gasteiger partial charge >= 0.3 is 0 Å². The van der Waals surface area contributed by atoms with Crippen LogP contribution >= 0.6 is 22.6 Å². The molecule has 9 heavy (non-hydrogen) atoms. The predicted molar refractivity (Wildman–Crippen MR) is 40.2 cm³/mol. The zero-order valence-electron chi connectivity index (χ0n) is 4.83. The molecule has 0 spiro atoms. The molecule has 1 fully saturated rings. The lowest BCUT2D eigenvalue weighted by Gasteiger charge is -2.25. The molecule has 4 heteroatoms. The van der Waals surface area contributed by atoms with Crippen LogP contribution in [0.2, 0.25) is 0 Å². The number of halogens is 3. The van der Waals surface area contributed by atoms with E-state index in [2.05, 4.69) is 5.32 Å². The molecule has 1 aliphatic heterocycles. The minimum absolute atomic E-state index is 0.0283. The number of hydrogen-bond donors (Lipinski definition) is 1. The van der Waals surface area contributed by atoms with Crippen LogP contribution in [0.5, 0.6) is 0 Å². The second-order valence-electron chi connectivity index (χ2n) is 2.29. The van der Waals surface area contributed by atoms with E-state index in [1.54, 1.807) is 0 Å². The van der Waals surface area contributed by atoms with Crippen LogP contribution in [0.3, 0.4) is 0 Å². The van der Waals surface area contributed by atoms with Crippen LogP contribution in [0.1, 0.15) is 6.42 Å². The average molecular weight is 247 g/mol. The predicted octanol–water partition coefficient (Wildman–Crippen LogP) is 1.42. The molecule has 0 aromatic heterocycles. The van der Waals surface area contributed by atoms with Crippen molar-refractivity contribution in [1.29, 1.82) is 0 Å². The van der Waals surface area contributed by atoms with Gasteiger partial charge in [-0.2, -0.15) is 0 Å². The summed E-state index contributed by atoms with van der Waals surface area (Å²) >= 11 is 2.04. The maximum absolute atomic E-state index is 12.4. The fraction of sp³-hybridized carbons (Fsp3) is 1.00. The van der Waals surface area contributed by atoms with Gasteiger partial charge in [0, 0.05) is 16.9 Å². The van der Waals surface area contributed by atoms with Gasteiger partial charge in [-0.1, -0.05) is 22.6 Å². The molecular weight excluding hydrogens is 239 g/mol. The standard InChI is InChI=1S/C5H8F2IN/c6-5(7)1-4(8)2-9-3-5/h4,9H,1-3H2. The molecule has 0 saturated carbocycles. The molecule has 1 aliphatic rings. The molecule has 1 saturated heterocycles. The van der Waals surface area contributed by atoms with E-state index in [4.69, 9.17) is 0 Å². The van der Waals surface area contributed by atoms with Crippen molar-refractivity contribution in [3.63, 3.8) is 0 Å². The lowest BCUT2D eigenvalue weighted by atomic mass is 10.1. The van der Waals surface area contributed by atoms with Crippen LogP contribution in [0.15, 0.2) is 0 Å². The third-order valence-corrected chi connectivity index (χ3v) is 2.15. The lowest BCUT2D eigenvalue weighted by molar-refractivity contribution is -0.0171. The highest BCUT2D eigenvalue weighted by molar-refractivity contribution is 14.1. The Kier molecular flexibility index (Phi) is 2.26. The summed E-state index contributed by atoms with van der Waals surface area (Å²) in [6.45, 7) is 0.572. The van der Waals surface area contributed by atoms with Crippen molar-refractivity contribution in [2.75, 3.05) is 13.1 Å². The highest BCUT2D eigenvalue weighted by atomic mass is 127. The Morgan fingerprint density at radius 2 is 2.22 bits per heavy atom. The minimum atomic E-state index is -2.47. The number of nitrogens with one attached hydrogen (secondary N) is 1. The number of alkyl halides is 3. The first kappa shape index (κ1) is 7.65. The van der Waals surface area contributed by atoms with E-state index < -0.39 is 5.92 Å². The van der Waals surface area contributed by atoms with Crippen LogP contribution < -0.4 is 5.32 Å². The van der Waals surface area contributed by atoms with Gasteiger partial charge in [0.15, 0.2) is 0 Å². The molecule has 1 heterocycles. The van der Waals surface area contributed by atoms with Gasteiger partial charge in [0.2, 0.25) is 0 Å². The first-order valence-electron chi connectivity index (χ1n) is 2.83. The van der Waals surface area contributed by atoms with Crippen molar-refractivity contribution in [2.45, 2.75) is 16.3 Å². The van der Waals surface area contributed by atoms with Crippen LogP contribution in [0.4, 0.5) is 8.78 Å². The summed E-state index contributed by atoms with van der Waals surface area (Å²) < 4.78 is 24.9. The van der Waals surface area contributed by atoms with Crippen molar-refractivity contribution < 1.29 is 8.78 Å². The minimum Gasteiger partial charge on any atom is -0.310 e. The Morgan fingerprint density at radius 1 is 1.56 bits per heavy atom. The van der Waals surface area contributed by atoms with Gasteiger partial charge in [0.1, 0.15) is 0 Å². The Morgan fingerprint density at radius 3 is 2.56 bits per heavy atom. The van der Waals surface area contributed by atoms with Crippen LogP contribution in [0.25, 0.3) is 0 Å². The summed E-state index contributed by atoms with van der Waals surface area (Å²) in [4.78, 5) is 0. The zero-order valence-corrected chi connectivity index (χ0v) is 6.99. The molecule has 1 nitrogen and oxygen atoms in total. The second-order valence-corrected chi connectivity index (χ2v) is 4.05. The van der Waals surface area contributed by atoms with E-state index in [1.165, 1.54) is 0 Å². The van der Waals surface area contributed by atoms with Gasteiger partial charge in [-0.25, -0.2) is 8.78 Å². The van der Waals surface area contributed by atoms with E-state index in [0.717, 1.165) is 6.54 Å². The summed E-state index contributed by atoms with van der Waals surface area (Å²) in [6.07, 6.45) is 0.0283. The normalized spacial score (nSPS) is 34.3. The quantitative estimate of drug-likeness (QED) is 0.504. The van der Waals surface area contributed by atoms with Crippen LogP contribution in [0, 0.1) is 0 Å². The monoisotopic (exact) mass is 247 g/mol. The number of hydrogen-bond acceptors (Lipinski definition) is 1.